The first-order valence-electron chi connectivity index (χ1n) is 6.87. The van der Waals surface area contributed by atoms with Crippen LogP contribution in [0.15, 0.2) is 24.3 Å². The molecule has 1 aromatic heterocycles. The molecule has 22 heavy (non-hydrogen) atoms. The zero-order chi connectivity index (χ0) is 15.7. The van der Waals surface area contributed by atoms with Gasteiger partial charge in [-0.3, -0.25) is 4.90 Å². The lowest BCUT2D eigenvalue weighted by atomic mass is 10.2. The average Bonchev–Trinajstić information content (AvgIpc) is 3.06. The Morgan fingerprint density at radius 1 is 1.36 bits per heavy atom. The van der Waals surface area contributed by atoms with E-state index in [1.807, 2.05) is 11.9 Å². The smallest absolute Gasteiger partial charge is 0.204 e. The van der Waals surface area contributed by atoms with Crippen LogP contribution in [0, 0.1) is 5.82 Å². The average molecular weight is 325 g/mol. The van der Waals surface area contributed by atoms with Crippen molar-refractivity contribution in [3.8, 4) is 11.4 Å². The number of hydrogen-bond acceptors (Lipinski definition) is 6. The fourth-order valence-electron chi connectivity index (χ4n) is 2.46. The molecule has 1 atom stereocenters. The van der Waals surface area contributed by atoms with E-state index in [0.29, 0.717) is 24.5 Å². The quantitative estimate of drug-likeness (QED) is 0.817. The molecule has 0 spiro atoms. The lowest BCUT2D eigenvalue weighted by Crippen LogP contribution is -2.35. The summed E-state index contributed by atoms with van der Waals surface area (Å²) in [6, 6.07) is 5.83. The van der Waals surface area contributed by atoms with Crippen molar-refractivity contribution in [2.75, 3.05) is 18.6 Å². The van der Waals surface area contributed by atoms with Gasteiger partial charge in [-0.15, -0.1) is 15.0 Å². The van der Waals surface area contributed by atoms with Crippen LogP contribution < -0.4 is 0 Å². The molecule has 1 unspecified atom stereocenters. The van der Waals surface area contributed by atoms with E-state index in [2.05, 4.69) is 15.4 Å². The molecule has 118 valence electrons. The summed E-state index contributed by atoms with van der Waals surface area (Å²) in [6.07, 6.45) is 0.623. The minimum Gasteiger partial charge on any atom is -0.282 e. The molecule has 3 rings (SSSR count). The number of rotatable bonds is 4. The Hall–Kier alpha value is -1.87. The number of sulfone groups is 1. The van der Waals surface area contributed by atoms with Gasteiger partial charge in [-0.1, -0.05) is 0 Å². The Kier molecular flexibility index (Phi) is 3.92. The Balaban J connectivity index is 1.68. The van der Waals surface area contributed by atoms with E-state index in [1.54, 1.807) is 12.1 Å². The Morgan fingerprint density at radius 3 is 2.73 bits per heavy atom. The van der Waals surface area contributed by atoms with Crippen LogP contribution in [0.2, 0.25) is 0 Å². The fourth-order valence-corrected chi connectivity index (χ4v) is 4.26. The summed E-state index contributed by atoms with van der Waals surface area (Å²) in [5.41, 5.74) is 0.679. The van der Waals surface area contributed by atoms with Crippen LogP contribution in [0.1, 0.15) is 6.42 Å². The molecular weight excluding hydrogens is 309 g/mol. The normalized spacial score (nSPS) is 20.6. The first-order valence-corrected chi connectivity index (χ1v) is 8.69. The second-order valence-electron chi connectivity index (χ2n) is 5.45. The van der Waals surface area contributed by atoms with Crippen LogP contribution in [-0.2, 0) is 16.5 Å². The van der Waals surface area contributed by atoms with Crippen LogP contribution in [-0.4, -0.2) is 58.1 Å². The molecule has 0 bridgehead atoms. The zero-order valence-corrected chi connectivity index (χ0v) is 12.9. The maximum Gasteiger partial charge on any atom is 0.204 e. The molecule has 2 aromatic rings. The molecule has 9 heteroatoms. The van der Waals surface area contributed by atoms with Crippen LogP contribution in [0.4, 0.5) is 4.39 Å². The highest BCUT2D eigenvalue weighted by Gasteiger charge is 2.30. The van der Waals surface area contributed by atoms with Gasteiger partial charge >= 0.3 is 0 Å². The van der Waals surface area contributed by atoms with E-state index in [1.165, 1.54) is 16.9 Å². The summed E-state index contributed by atoms with van der Waals surface area (Å²) in [6.45, 7) is 0.356. The number of aromatic nitrogens is 4. The highest BCUT2D eigenvalue weighted by molar-refractivity contribution is 7.91. The first-order chi connectivity index (χ1) is 10.4. The topological polar surface area (TPSA) is 81.0 Å². The van der Waals surface area contributed by atoms with Crippen LogP contribution in [0.3, 0.4) is 0 Å². The molecule has 0 N–H and O–H groups in total. The van der Waals surface area contributed by atoms with E-state index in [-0.39, 0.29) is 23.4 Å². The molecule has 1 aliphatic rings. The van der Waals surface area contributed by atoms with Gasteiger partial charge in [0.1, 0.15) is 12.5 Å². The summed E-state index contributed by atoms with van der Waals surface area (Å²) in [5, 5.41) is 12.1. The van der Waals surface area contributed by atoms with Crippen molar-refractivity contribution in [3.63, 3.8) is 0 Å². The maximum atomic E-state index is 12.9. The lowest BCUT2D eigenvalue weighted by Gasteiger charge is -2.21. The predicted octanol–water partition coefficient (Wildman–Crippen LogP) is 0.556. The van der Waals surface area contributed by atoms with Crippen molar-refractivity contribution in [1.29, 1.82) is 0 Å². The standard InChI is InChI=1S/C13H16FN5O2S/c1-18(12-6-7-22(20,21)8-12)9-19-16-13(15-17-19)10-2-4-11(14)5-3-10/h2-5,12H,6-9H2,1H3. The molecule has 1 aliphatic heterocycles. The van der Waals surface area contributed by atoms with E-state index < -0.39 is 9.84 Å². The van der Waals surface area contributed by atoms with Crippen molar-refractivity contribution in [1.82, 2.24) is 25.1 Å². The van der Waals surface area contributed by atoms with Crippen LogP contribution in [0.25, 0.3) is 11.4 Å². The van der Waals surface area contributed by atoms with Crippen molar-refractivity contribution < 1.29 is 12.8 Å². The SMILES string of the molecule is CN(Cn1nnc(-c2ccc(F)cc2)n1)C1CCS(=O)(=O)C1. The number of halogens is 1. The highest BCUT2D eigenvalue weighted by Crippen LogP contribution is 2.17. The van der Waals surface area contributed by atoms with Gasteiger partial charge in [-0.05, 0) is 42.9 Å². The predicted molar refractivity (Wildman–Crippen MR) is 78.0 cm³/mol. The second-order valence-corrected chi connectivity index (χ2v) is 7.68. The Bertz CT molecular complexity index is 759. The van der Waals surface area contributed by atoms with Gasteiger partial charge in [-0.2, -0.15) is 0 Å². The lowest BCUT2D eigenvalue weighted by molar-refractivity contribution is 0.184. The molecule has 0 aliphatic carbocycles. The summed E-state index contributed by atoms with van der Waals surface area (Å²) in [5.74, 6) is 0.488. The van der Waals surface area contributed by atoms with Gasteiger partial charge in [0.25, 0.3) is 0 Å². The van der Waals surface area contributed by atoms with Crippen molar-refractivity contribution in [2.45, 2.75) is 19.1 Å². The third-order valence-electron chi connectivity index (χ3n) is 3.74. The van der Waals surface area contributed by atoms with Crippen LogP contribution >= 0.6 is 0 Å². The third-order valence-corrected chi connectivity index (χ3v) is 5.49. The molecule has 0 radical (unpaired) electrons. The summed E-state index contributed by atoms with van der Waals surface area (Å²) in [4.78, 5) is 3.31. The van der Waals surface area contributed by atoms with E-state index in [0.717, 1.165) is 0 Å². The highest BCUT2D eigenvalue weighted by atomic mass is 32.2. The molecule has 2 heterocycles. The van der Waals surface area contributed by atoms with Gasteiger partial charge < -0.3 is 0 Å². The molecule has 1 aromatic carbocycles. The number of hydrogen-bond donors (Lipinski definition) is 0. The van der Waals surface area contributed by atoms with Crippen molar-refractivity contribution >= 4 is 9.84 Å². The number of nitrogens with zero attached hydrogens (tertiary/aromatic N) is 5. The van der Waals surface area contributed by atoms with Crippen molar-refractivity contribution in [2.24, 2.45) is 0 Å². The van der Waals surface area contributed by atoms with Crippen molar-refractivity contribution in [3.05, 3.63) is 30.1 Å². The summed E-state index contributed by atoms with van der Waals surface area (Å²) < 4.78 is 35.9. The van der Waals surface area contributed by atoms with Gasteiger partial charge in [0.15, 0.2) is 9.84 Å². The first kappa shape index (κ1) is 15.0. The third kappa shape index (κ3) is 3.30. The van der Waals surface area contributed by atoms with Gasteiger partial charge in [0.05, 0.1) is 11.5 Å². The monoisotopic (exact) mass is 325 g/mol. The Labute approximate surface area is 127 Å². The van der Waals surface area contributed by atoms with E-state index >= 15 is 0 Å². The summed E-state index contributed by atoms with van der Waals surface area (Å²) >= 11 is 0. The molecule has 1 fully saturated rings. The van der Waals surface area contributed by atoms with Gasteiger partial charge in [0, 0.05) is 11.6 Å². The minimum absolute atomic E-state index is 0.0229. The number of benzene rings is 1. The number of tetrazole rings is 1. The van der Waals surface area contributed by atoms with Gasteiger partial charge in [-0.25, -0.2) is 12.8 Å². The molecule has 1 saturated heterocycles. The molecule has 0 saturated carbocycles. The molecule has 7 nitrogen and oxygen atoms in total. The second kappa shape index (κ2) is 5.73. The van der Waals surface area contributed by atoms with E-state index in [9.17, 15) is 12.8 Å². The molecular formula is C13H16FN5O2S. The molecule has 0 amide bonds. The summed E-state index contributed by atoms with van der Waals surface area (Å²) in [7, 11) is -1.08. The van der Waals surface area contributed by atoms with Crippen LogP contribution in [0.5, 0.6) is 0 Å². The largest absolute Gasteiger partial charge is 0.282 e. The maximum absolute atomic E-state index is 12.9. The fraction of sp³-hybridized carbons (Fsp3) is 0.462. The zero-order valence-electron chi connectivity index (χ0n) is 12.1. The van der Waals surface area contributed by atoms with Gasteiger partial charge in [0.2, 0.25) is 5.82 Å². The van der Waals surface area contributed by atoms with E-state index in [4.69, 9.17) is 0 Å². The minimum atomic E-state index is -2.92. The Morgan fingerprint density at radius 2 is 2.09 bits per heavy atom.